The summed E-state index contributed by atoms with van der Waals surface area (Å²) in [6.07, 6.45) is 1.64. The number of nitrogens with zero attached hydrogens (tertiary/aromatic N) is 4. The number of hydrogen-bond donors (Lipinski definition) is 1. The first-order chi connectivity index (χ1) is 12.0. The Hall–Kier alpha value is -3.29. The number of halogens is 1. The van der Waals surface area contributed by atoms with Gasteiger partial charge < -0.3 is 5.32 Å². The van der Waals surface area contributed by atoms with Gasteiger partial charge in [-0.1, -0.05) is 18.2 Å². The molecule has 0 saturated carbocycles. The molecule has 0 spiro atoms. The fraction of sp³-hybridized carbons (Fsp3) is 0.176. The lowest BCUT2D eigenvalue weighted by molar-refractivity contribution is -0.384. The summed E-state index contributed by atoms with van der Waals surface area (Å²) < 4.78 is 14.7. The Bertz CT molecular complexity index is 893. The zero-order chi connectivity index (χ0) is 18.0. The molecule has 0 aliphatic rings. The van der Waals surface area contributed by atoms with Crippen molar-refractivity contribution in [3.05, 3.63) is 81.5 Å². The lowest BCUT2D eigenvalue weighted by atomic mass is 10.0. The largest absolute Gasteiger partial charge is 0.352 e. The van der Waals surface area contributed by atoms with Crippen molar-refractivity contribution in [1.82, 2.24) is 14.8 Å². The van der Waals surface area contributed by atoms with E-state index in [9.17, 15) is 14.5 Å². The monoisotopic (exact) mass is 341 g/mol. The van der Waals surface area contributed by atoms with Crippen LogP contribution in [0.4, 0.5) is 15.9 Å². The molecular formula is C17H16FN5O2. The summed E-state index contributed by atoms with van der Waals surface area (Å²) in [6.45, 7) is 1.58. The Morgan fingerprint density at radius 2 is 1.96 bits per heavy atom. The second-order valence-electron chi connectivity index (χ2n) is 5.55. The molecule has 0 saturated heterocycles. The minimum Gasteiger partial charge on any atom is -0.352 e. The highest BCUT2D eigenvalue weighted by Gasteiger charge is 2.27. The summed E-state index contributed by atoms with van der Waals surface area (Å²) in [4.78, 5) is 15.3. The highest BCUT2D eigenvalue weighted by molar-refractivity contribution is 5.61. The van der Waals surface area contributed by atoms with Crippen LogP contribution in [0.25, 0.3) is 0 Å². The summed E-state index contributed by atoms with van der Waals surface area (Å²) >= 11 is 0. The van der Waals surface area contributed by atoms with Gasteiger partial charge in [-0.05, 0) is 36.8 Å². The lowest BCUT2D eigenvalue weighted by Crippen LogP contribution is -2.16. The Kier molecular flexibility index (Phi) is 4.42. The number of nitro groups is 1. The molecule has 0 radical (unpaired) electrons. The number of pyridine rings is 1. The molecule has 3 rings (SSSR count). The second-order valence-corrected chi connectivity index (χ2v) is 5.55. The topological polar surface area (TPSA) is 85.9 Å². The van der Waals surface area contributed by atoms with Crippen LogP contribution in [0.2, 0.25) is 0 Å². The maximum Gasteiger partial charge on any atom is 0.333 e. The predicted octanol–water partition coefficient (Wildman–Crippen LogP) is 3.37. The first-order valence-electron chi connectivity index (χ1n) is 7.58. The van der Waals surface area contributed by atoms with Crippen molar-refractivity contribution in [2.45, 2.75) is 13.0 Å². The minimum absolute atomic E-state index is 0.0921. The fourth-order valence-corrected chi connectivity index (χ4v) is 2.69. The summed E-state index contributed by atoms with van der Waals surface area (Å²) in [5.74, 6) is -0.0895. The molecule has 0 unspecified atom stereocenters. The first-order valence-corrected chi connectivity index (χ1v) is 7.58. The molecule has 3 aromatic rings. The van der Waals surface area contributed by atoms with Crippen LogP contribution in [0.3, 0.4) is 0 Å². The van der Waals surface area contributed by atoms with Gasteiger partial charge in [-0.25, -0.2) is 9.07 Å². The molecule has 0 fully saturated rings. The fourth-order valence-electron chi connectivity index (χ4n) is 2.69. The number of aryl methyl sites for hydroxylation is 2. The summed E-state index contributed by atoms with van der Waals surface area (Å²) in [6, 6.07) is 10.8. The zero-order valence-corrected chi connectivity index (χ0v) is 13.7. The van der Waals surface area contributed by atoms with E-state index in [-0.39, 0.29) is 17.3 Å². The standard InChI is InChI=1S/C17H16FN5O2/c1-11-16(23(24)25)17(22(2)21-11)20-15(14-5-3-4-10-19-14)12-6-8-13(18)9-7-12/h3-10,15,20H,1-2H3/t15-/m1/s1. The maximum absolute atomic E-state index is 13.3. The third-order valence-electron chi connectivity index (χ3n) is 3.84. The summed E-state index contributed by atoms with van der Waals surface area (Å²) in [5, 5.41) is 18.7. The molecule has 1 N–H and O–H groups in total. The van der Waals surface area contributed by atoms with Gasteiger partial charge in [0, 0.05) is 13.2 Å². The van der Waals surface area contributed by atoms with Crippen molar-refractivity contribution in [2.24, 2.45) is 7.05 Å². The van der Waals surface area contributed by atoms with E-state index in [1.54, 1.807) is 44.4 Å². The third-order valence-corrected chi connectivity index (χ3v) is 3.84. The molecule has 0 amide bonds. The molecule has 1 aromatic carbocycles. The van der Waals surface area contributed by atoms with Crippen LogP contribution in [-0.2, 0) is 7.05 Å². The van der Waals surface area contributed by atoms with Crippen LogP contribution in [0, 0.1) is 22.9 Å². The van der Waals surface area contributed by atoms with E-state index >= 15 is 0 Å². The van der Waals surface area contributed by atoms with Crippen LogP contribution in [0.1, 0.15) is 23.0 Å². The van der Waals surface area contributed by atoms with E-state index in [1.165, 1.54) is 16.8 Å². The summed E-state index contributed by atoms with van der Waals surface area (Å²) in [5.41, 5.74) is 1.61. The van der Waals surface area contributed by atoms with Crippen molar-refractivity contribution >= 4 is 11.5 Å². The van der Waals surface area contributed by atoms with Crippen LogP contribution in [0.5, 0.6) is 0 Å². The molecule has 25 heavy (non-hydrogen) atoms. The molecule has 8 heteroatoms. The van der Waals surface area contributed by atoms with E-state index in [4.69, 9.17) is 0 Å². The van der Waals surface area contributed by atoms with Gasteiger partial charge >= 0.3 is 5.69 Å². The zero-order valence-electron chi connectivity index (χ0n) is 13.7. The molecular weight excluding hydrogens is 325 g/mol. The van der Waals surface area contributed by atoms with E-state index in [1.807, 2.05) is 6.07 Å². The van der Waals surface area contributed by atoms with Gasteiger partial charge in [-0.2, -0.15) is 5.10 Å². The molecule has 0 bridgehead atoms. The number of hydrogen-bond acceptors (Lipinski definition) is 5. The molecule has 7 nitrogen and oxygen atoms in total. The third kappa shape index (κ3) is 3.32. The van der Waals surface area contributed by atoms with Crippen LogP contribution in [-0.4, -0.2) is 19.7 Å². The highest BCUT2D eigenvalue weighted by atomic mass is 19.1. The second kappa shape index (κ2) is 6.68. The molecule has 2 aromatic heterocycles. The van der Waals surface area contributed by atoms with Crippen molar-refractivity contribution in [2.75, 3.05) is 5.32 Å². The average Bonchev–Trinajstić information content (AvgIpc) is 2.88. The smallest absolute Gasteiger partial charge is 0.333 e. The van der Waals surface area contributed by atoms with E-state index in [2.05, 4.69) is 15.4 Å². The van der Waals surface area contributed by atoms with Crippen LogP contribution >= 0.6 is 0 Å². The predicted molar refractivity (Wildman–Crippen MR) is 90.7 cm³/mol. The van der Waals surface area contributed by atoms with Crippen molar-refractivity contribution in [3.8, 4) is 0 Å². The van der Waals surface area contributed by atoms with E-state index < -0.39 is 11.0 Å². The molecule has 0 aliphatic heterocycles. The molecule has 2 heterocycles. The van der Waals surface area contributed by atoms with Gasteiger partial charge in [0.2, 0.25) is 5.82 Å². The Balaban J connectivity index is 2.08. The van der Waals surface area contributed by atoms with Crippen LogP contribution in [0.15, 0.2) is 48.7 Å². The van der Waals surface area contributed by atoms with Gasteiger partial charge in [0.05, 0.1) is 16.7 Å². The number of benzene rings is 1. The normalized spacial score (nSPS) is 12.0. The Labute approximate surface area is 143 Å². The SMILES string of the molecule is Cc1nn(C)c(N[C@H](c2ccc(F)cc2)c2ccccn2)c1[N+](=O)[O-]. The van der Waals surface area contributed by atoms with Gasteiger partial charge in [-0.15, -0.1) is 0 Å². The van der Waals surface area contributed by atoms with Gasteiger partial charge in [0.1, 0.15) is 11.5 Å². The quantitative estimate of drug-likeness (QED) is 0.568. The molecule has 128 valence electrons. The number of anilines is 1. The Morgan fingerprint density at radius 1 is 1.24 bits per heavy atom. The highest BCUT2D eigenvalue weighted by Crippen LogP contribution is 2.32. The number of aromatic nitrogens is 3. The number of nitrogens with one attached hydrogen (secondary N) is 1. The molecule has 0 aliphatic carbocycles. The van der Waals surface area contributed by atoms with Crippen LogP contribution < -0.4 is 5.32 Å². The van der Waals surface area contributed by atoms with Gasteiger partial charge in [-0.3, -0.25) is 15.1 Å². The minimum atomic E-state index is -0.490. The van der Waals surface area contributed by atoms with Crippen molar-refractivity contribution < 1.29 is 9.31 Å². The Morgan fingerprint density at radius 3 is 2.56 bits per heavy atom. The lowest BCUT2D eigenvalue weighted by Gasteiger charge is -2.19. The first kappa shape index (κ1) is 16.6. The van der Waals surface area contributed by atoms with Gasteiger partial charge in [0.25, 0.3) is 0 Å². The average molecular weight is 341 g/mol. The van der Waals surface area contributed by atoms with E-state index in [0.717, 1.165) is 5.56 Å². The van der Waals surface area contributed by atoms with Crippen molar-refractivity contribution in [3.63, 3.8) is 0 Å². The van der Waals surface area contributed by atoms with E-state index in [0.29, 0.717) is 11.4 Å². The maximum atomic E-state index is 13.3. The number of rotatable bonds is 5. The summed E-state index contributed by atoms with van der Waals surface area (Å²) in [7, 11) is 1.63. The van der Waals surface area contributed by atoms with Gasteiger partial charge in [0.15, 0.2) is 0 Å². The van der Waals surface area contributed by atoms with Crippen molar-refractivity contribution in [1.29, 1.82) is 0 Å². The molecule has 1 atom stereocenters.